The van der Waals surface area contributed by atoms with E-state index in [-0.39, 0.29) is 25.1 Å². The third-order valence-electron chi connectivity index (χ3n) is 2.36. The standard InChI is InChI=1S/C14H16Cl2N2O2/c1-3-4-18-13(19)8-20-14-10(5-9(2)17)6-11(15)7-12(14)16/h1,6-7,9H,4-5,8,17H2,2H3,(H,18,19). The van der Waals surface area contributed by atoms with Crippen LogP contribution in [-0.2, 0) is 11.2 Å². The van der Waals surface area contributed by atoms with Crippen LogP contribution in [0.2, 0.25) is 10.0 Å². The van der Waals surface area contributed by atoms with Gasteiger partial charge in [-0.2, -0.15) is 0 Å². The molecule has 20 heavy (non-hydrogen) atoms. The first-order chi connectivity index (χ1) is 9.43. The molecule has 3 N–H and O–H groups in total. The second-order valence-corrected chi connectivity index (χ2v) is 5.17. The van der Waals surface area contributed by atoms with E-state index in [0.29, 0.717) is 22.2 Å². The summed E-state index contributed by atoms with van der Waals surface area (Å²) in [6.07, 6.45) is 5.59. The Hall–Kier alpha value is -1.41. The zero-order chi connectivity index (χ0) is 15.1. The van der Waals surface area contributed by atoms with Crippen LogP contribution in [0.1, 0.15) is 12.5 Å². The fraction of sp³-hybridized carbons (Fsp3) is 0.357. The molecule has 1 aromatic carbocycles. The van der Waals surface area contributed by atoms with Crippen molar-refractivity contribution in [2.24, 2.45) is 5.73 Å². The van der Waals surface area contributed by atoms with Crippen molar-refractivity contribution in [1.29, 1.82) is 0 Å². The van der Waals surface area contributed by atoms with E-state index in [4.69, 9.17) is 40.1 Å². The Morgan fingerprint density at radius 1 is 1.55 bits per heavy atom. The van der Waals surface area contributed by atoms with Crippen LogP contribution in [0, 0.1) is 12.3 Å². The van der Waals surface area contributed by atoms with E-state index < -0.39 is 0 Å². The number of carbonyl (C=O) groups excluding carboxylic acids is 1. The van der Waals surface area contributed by atoms with Crippen LogP contribution < -0.4 is 15.8 Å². The number of hydrogen-bond donors (Lipinski definition) is 2. The Morgan fingerprint density at radius 3 is 2.85 bits per heavy atom. The van der Waals surface area contributed by atoms with Crippen LogP contribution in [0.3, 0.4) is 0 Å². The van der Waals surface area contributed by atoms with E-state index in [1.807, 2.05) is 6.92 Å². The highest BCUT2D eigenvalue weighted by Gasteiger charge is 2.13. The molecule has 0 fully saturated rings. The number of carbonyl (C=O) groups is 1. The number of ether oxygens (including phenoxy) is 1. The third-order valence-corrected chi connectivity index (χ3v) is 2.86. The van der Waals surface area contributed by atoms with E-state index in [2.05, 4.69) is 11.2 Å². The molecule has 0 aromatic heterocycles. The Kier molecular flexibility index (Phi) is 6.66. The Labute approximate surface area is 128 Å². The molecule has 0 heterocycles. The maximum absolute atomic E-state index is 11.5. The molecule has 0 radical (unpaired) electrons. The fourth-order valence-corrected chi connectivity index (χ4v) is 2.20. The second-order valence-electron chi connectivity index (χ2n) is 4.33. The van der Waals surface area contributed by atoms with Crippen molar-refractivity contribution in [3.05, 3.63) is 27.7 Å². The average molecular weight is 315 g/mol. The van der Waals surface area contributed by atoms with Crippen LogP contribution in [0.15, 0.2) is 12.1 Å². The van der Waals surface area contributed by atoms with Crippen molar-refractivity contribution in [2.75, 3.05) is 13.2 Å². The van der Waals surface area contributed by atoms with Crippen LogP contribution in [-0.4, -0.2) is 25.1 Å². The normalized spacial score (nSPS) is 11.6. The predicted octanol–water partition coefficient (Wildman–Crippen LogP) is 2.01. The SMILES string of the molecule is C#CCNC(=O)COc1c(Cl)cc(Cl)cc1CC(C)N. The molecule has 0 aliphatic carbocycles. The van der Waals surface area contributed by atoms with Crippen LogP contribution >= 0.6 is 23.2 Å². The van der Waals surface area contributed by atoms with Crippen molar-refractivity contribution >= 4 is 29.1 Å². The van der Waals surface area contributed by atoms with E-state index in [1.165, 1.54) is 0 Å². The van der Waals surface area contributed by atoms with E-state index in [1.54, 1.807) is 12.1 Å². The molecule has 108 valence electrons. The largest absolute Gasteiger partial charge is 0.482 e. The van der Waals surface area contributed by atoms with Crippen molar-refractivity contribution < 1.29 is 9.53 Å². The molecule has 1 amide bonds. The lowest BCUT2D eigenvalue weighted by Gasteiger charge is -2.15. The molecular formula is C14H16Cl2N2O2. The van der Waals surface area contributed by atoms with Crippen molar-refractivity contribution in [2.45, 2.75) is 19.4 Å². The summed E-state index contributed by atoms with van der Waals surface area (Å²) in [6, 6.07) is 3.20. The summed E-state index contributed by atoms with van der Waals surface area (Å²) in [7, 11) is 0. The fourth-order valence-electron chi connectivity index (χ4n) is 1.61. The first-order valence-electron chi connectivity index (χ1n) is 6.00. The van der Waals surface area contributed by atoms with E-state index in [0.717, 1.165) is 5.56 Å². The molecule has 1 aromatic rings. The number of terminal acetylenes is 1. The molecule has 6 heteroatoms. The minimum atomic E-state index is -0.319. The number of rotatable bonds is 6. The molecule has 0 aliphatic heterocycles. The van der Waals surface area contributed by atoms with Crippen LogP contribution in [0.4, 0.5) is 0 Å². The third kappa shape index (κ3) is 5.30. The van der Waals surface area contributed by atoms with Gasteiger partial charge in [-0.25, -0.2) is 0 Å². The lowest BCUT2D eigenvalue weighted by Crippen LogP contribution is -2.29. The highest BCUT2D eigenvalue weighted by molar-refractivity contribution is 6.35. The van der Waals surface area contributed by atoms with E-state index in [9.17, 15) is 4.79 Å². The molecule has 4 nitrogen and oxygen atoms in total. The van der Waals surface area contributed by atoms with Crippen molar-refractivity contribution in [3.8, 4) is 18.1 Å². The molecule has 0 saturated carbocycles. The molecular weight excluding hydrogens is 299 g/mol. The zero-order valence-electron chi connectivity index (χ0n) is 11.1. The van der Waals surface area contributed by atoms with E-state index >= 15 is 0 Å². The molecule has 0 spiro atoms. The van der Waals surface area contributed by atoms with Gasteiger partial charge in [0.25, 0.3) is 5.91 Å². The van der Waals surface area contributed by atoms with Gasteiger partial charge in [-0.3, -0.25) is 4.79 Å². The highest BCUT2D eigenvalue weighted by atomic mass is 35.5. The minimum absolute atomic E-state index is 0.0813. The van der Waals surface area contributed by atoms with Gasteiger partial charge in [0.2, 0.25) is 0 Å². The summed E-state index contributed by atoms with van der Waals surface area (Å²) in [6.45, 7) is 1.84. The maximum Gasteiger partial charge on any atom is 0.258 e. The van der Waals surface area contributed by atoms with Gasteiger partial charge in [-0.05, 0) is 31.0 Å². The second kappa shape index (κ2) is 8.01. The van der Waals surface area contributed by atoms with Gasteiger partial charge >= 0.3 is 0 Å². The summed E-state index contributed by atoms with van der Waals surface area (Å²) >= 11 is 12.0. The Bertz CT molecular complexity index is 525. The van der Waals surface area contributed by atoms with Crippen molar-refractivity contribution in [3.63, 3.8) is 0 Å². The maximum atomic E-state index is 11.5. The molecule has 0 bridgehead atoms. The number of nitrogens with one attached hydrogen (secondary N) is 1. The molecule has 0 aliphatic rings. The lowest BCUT2D eigenvalue weighted by molar-refractivity contribution is -0.122. The molecule has 1 rings (SSSR count). The Balaban J connectivity index is 2.82. The summed E-state index contributed by atoms with van der Waals surface area (Å²) in [4.78, 5) is 11.5. The number of benzene rings is 1. The number of nitrogens with two attached hydrogens (primary N) is 1. The van der Waals surface area contributed by atoms with Gasteiger partial charge in [0.1, 0.15) is 5.75 Å². The van der Waals surface area contributed by atoms with Gasteiger partial charge in [-0.15, -0.1) is 6.42 Å². The van der Waals surface area contributed by atoms with Crippen molar-refractivity contribution in [1.82, 2.24) is 5.32 Å². The molecule has 1 unspecified atom stereocenters. The quantitative estimate of drug-likeness (QED) is 0.789. The topological polar surface area (TPSA) is 64.3 Å². The zero-order valence-corrected chi connectivity index (χ0v) is 12.6. The number of halogens is 2. The van der Waals surface area contributed by atoms with Crippen LogP contribution in [0.5, 0.6) is 5.75 Å². The lowest BCUT2D eigenvalue weighted by atomic mass is 10.1. The highest BCUT2D eigenvalue weighted by Crippen LogP contribution is 2.33. The summed E-state index contributed by atoms with van der Waals surface area (Å²) in [5, 5.41) is 3.34. The molecule has 0 saturated heterocycles. The summed E-state index contributed by atoms with van der Waals surface area (Å²) in [5.74, 6) is 2.41. The van der Waals surface area contributed by atoms with Gasteiger partial charge in [0.05, 0.1) is 11.6 Å². The first-order valence-corrected chi connectivity index (χ1v) is 6.76. The van der Waals surface area contributed by atoms with Gasteiger partial charge in [0, 0.05) is 11.1 Å². The summed E-state index contributed by atoms with van der Waals surface area (Å²) in [5.41, 5.74) is 6.54. The van der Waals surface area contributed by atoms with Gasteiger partial charge in [-0.1, -0.05) is 29.1 Å². The number of hydrogen-bond acceptors (Lipinski definition) is 3. The van der Waals surface area contributed by atoms with Gasteiger partial charge < -0.3 is 15.8 Å². The molecule has 1 atom stereocenters. The summed E-state index contributed by atoms with van der Waals surface area (Å²) < 4.78 is 5.46. The monoisotopic (exact) mass is 314 g/mol. The first kappa shape index (κ1) is 16.6. The smallest absolute Gasteiger partial charge is 0.258 e. The van der Waals surface area contributed by atoms with Gasteiger partial charge in [0.15, 0.2) is 6.61 Å². The number of amides is 1. The predicted molar refractivity (Wildman–Crippen MR) is 81.2 cm³/mol. The Morgan fingerprint density at radius 2 is 2.25 bits per heavy atom. The minimum Gasteiger partial charge on any atom is -0.482 e. The van der Waals surface area contributed by atoms with Crippen LogP contribution in [0.25, 0.3) is 0 Å². The average Bonchev–Trinajstić information content (AvgIpc) is 2.34.